The monoisotopic (exact) mass is 202 g/mol. The molecule has 0 aliphatic carbocycles. The van der Waals surface area contributed by atoms with Gasteiger partial charge in [0, 0.05) is 0 Å². The Balaban J connectivity index is 0. The molecule has 0 saturated carbocycles. The predicted molar refractivity (Wildman–Crippen MR) is 29.0 cm³/mol. The van der Waals surface area contributed by atoms with Crippen LogP contribution in [0.2, 0.25) is 0 Å². The summed E-state index contributed by atoms with van der Waals surface area (Å²) < 4.78 is 59.5. The van der Waals surface area contributed by atoms with Crippen molar-refractivity contribution in [2.24, 2.45) is 0 Å². The van der Waals surface area contributed by atoms with E-state index in [1.807, 2.05) is 0 Å². The summed E-state index contributed by atoms with van der Waals surface area (Å²) >= 11 is 0. The van der Waals surface area contributed by atoms with Crippen molar-refractivity contribution in [3.63, 3.8) is 0 Å². The van der Waals surface area contributed by atoms with Gasteiger partial charge in [0.25, 0.3) is 0 Å². The third-order valence-corrected chi connectivity index (χ3v) is 0.982. The second kappa shape index (κ2) is 4.85. The molecule has 0 fully saturated rings. The van der Waals surface area contributed by atoms with Crippen LogP contribution in [-0.4, -0.2) is 64.4 Å². The van der Waals surface area contributed by atoms with Crippen molar-refractivity contribution in [1.82, 2.24) is 0 Å². The molecule has 0 atom stereocenters. The Labute approximate surface area is 97.5 Å². The van der Waals surface area contributed by atoms with Gasteiger partial charge in [-0.2, -0.15) is 21.6 Å². The first-order valence-electron chi connectivity index (χ1n) is 1.54. The van der Waals surface area contributed by atoms with Crippen molar-refractivity contribution in [3.05, 3.63) is 11.2 Å². The van der Waals surface area contributed by atoms with Crippen LogP contribution in [0, 0.1) is 0 Å². The average molecular weight is 202 g/mol. The summed E-state index contributed by atoms with van der Waals surface area (Å²) in [5.41, 5.74) is 0. The molecule has 3 nitrogen and oxygen atoms in total. The summed E-state index contributed by atoms with van der Waals surface area (Å²) in [6, 6.07) is 0. The van der Waals surface area contributed by atoms with Gasteiger partial charge in [0.05, 0.1) is 0 Å². The van der Waals surface area contributed by atoms with E-state index in [2.05, 4.69) is 0 Å². The van der Waals surface area contributed by atoms with Crippen LogP contribution < -0.4 is 0 Å². The van der Waals surface area contributed by atoms with E-state index in [-0.39, 0.29) is 51.4 Å². The van der Waals surface area contributed by atoms with Crippen LogP contribution in [-0.2, 0) is 10.1 Å². The third-order valence-electron chi connectivity index (χ3n) is 0.375. The van der Waals surface area contributed by atoms with Gasteiger partial charge in [0.15, 0.2) is 0 Å². The molecule has 10 heavy (non-hydrogen) atoms. The number of halogens is 3. The van der Waals surface area contributed by atoms with Crippen LogP contribution in [0.1, 0.15) is 0 Å². The molecule has 56 valence electrons. The quantitative estimate of drug-likeness (QED) is 0.490. The van der Waals surface area contributed by atoms with Crippen molar-refractivity contribution >= 4 is 61.5 Å². The van der Waals surface area contributed by atoms with Gasteiger partial charge in [-0.1, -0.05) is 0 Å². The molecule has 0 amide bonds. The van der Waals surface area contributed by atoms with Crippen LogP contribution in [0.5, 0.6) is 0 Å². The van der Waals surface area contributed by atoms with Gasteiger partial charge in [0.2, 0.25) is 0 Å². The van der Waals surface area contributed by atoms with E-state index < -0.39 is 21.4 Å². The molecular formula is C2H2F3KO3S. The van der Waals surface area contributed by atoms with Crippen LogP contribution in [0.3, 0.4) is 0 Å². The molecule has 0 saturated heterocycles. The summed E-state index contributed by atoms with van der Waals surface area (Å²) in [6.45, 7) is 0. The van der Waals surface area contributed by atoms with Gasteiger partial charge in [-0.05, 0) is 0 Å². The van der Waals surface area contributed by atoms with E-state index in [1.54, 1.807) is 0 Å². The first-order valence-corrected chi connectivity index (χ1v) is 2.98. The van der Waals surface area contributed by atoms with E-state index in [4.69, 9.17) is 4.55 Å². The Morgan fingerprint density at radius 2 is 1.50 bits per heavy atom. The van der Waals surface area contributed by atoms with E-state index >= 15 is 0 Å². The van der Waals surface area contributed by atoms with E-state index in [0.717, 1.165) is 0 Å². The molecule has 0 bridgehead atoms. The van der Waals surface area contributed by atoms with Gasteiger partial charge in [0.1, 0.15) is 0 Å². The van der Waals surface area contributed by atoms with Crippen molar-refractivity contribution in [2.45, 2.75) is 0 Å². The number of rotatable bonds is 1. The standard InChI is InChI=1S/C2HF3O3S.K.H/c3-1(4)2(5)9(6,7)8;;/h(H,6,7,8);;. The van der Waals surface area contributed by atoms with Crippen LogP contribution in [0.25, 0.3) is 0 Å². The van der Waals surface area contributed by atoms with Gasteiger partial charge in [-0.15, -0.1) is 0 Å². The Morgan fingerprint density at radius 3 is 1.50 bits per heavy atom. The van der Waals surface area contributed by atoms with Crippen molar-refractivity contribution in [2.75, 3.05) is 0 Å². The zero-order valence-electron chi connectivity index (χ0n) is 3.81. The Kier molecular flexibility index (Phi) is 6.63. The Bertz CT molecular complexity index is 228. The summed E-state index contributed by atoms with van der Waals surface area (Å²) in [6.07, 6.45) is -3.06. The fraction of sp³-hybridized carbons (Fsp3) is 0. The fourth-order valence-corrected chi connectivity index (χ4v) is 0.292. The van der Waals surface area contributed by atoms with Crippen LogP contribution in [0.15, 0.2) is 11.2 Å². The SMILES string of the molecule is O=S(=O)(O)C(F)=C(F)F.[KH]. The molecule has 0 heterocycles. The summed E-state index contributed by atoms with van der Waals surface area (Å²) in [4.78, 5) is 0. The van der Waals surface area contributed by atoms with E-state index in [1.165, 1.54) is 0 Å². The zero-order chi connectivity index (χ0) is 7.65. The second-order valence-corrected chi connectivity index (χ2v) is 2.32. The van der Waals surface area contributed by atoms with Crippen molar-refractivity contribution < 1.29 is 26.1 Å². The third kappa shape index (κ3) is 4.83. The van der Waals surface area contributed by atoms with E-state index in [0.29, 0.717) is 0 Å². The molecule has 0 spiro atoms. The topological polar surface area (TPSA) is 54.4 Å². The summed E-state index contributed by atoms with van der Waals surface area (Å²) in [7, 11) is -5.34. The van der Waals surface area contributed by atoms with Gasteiger partial charge < -0.3 is 0 Å². The molecular weight excluding hydrogens is 200 g/mol. The van der Waals surface area contributed by atoms with Gasteiger partial charge in [-0.3, -0.25) is 4.55 Å². The zero-order valence-corrected chi connectivity index (χ0v) is 4.62. The number of hydrogen-bond acceptors (Lipinski definition) is 2. The minimum absolute atomic E-state index is 0. The first-order chi connectivity index (χ1) is 3.85. The Morgan fingerprint density at radius 1 is 1.20 bits per heavy atom. The summed E-state index contributed by atoms with van der Waals surface area (Å²) in [5.74, 6) is 0. The van der Waals surface area contributed by atoms with Gasteiger partial charge >= 0.3 is 72.7 Å². The van der Waals surface area contributed by atoms with Crippen LogP contribution >= 0.6 is 0 Å². The number of hydrogen-bond donors (Lipinski definition) is 1. The first kappa shape index (κ1) is 13.7. The van der Waals surface area contributed by atoms with Gasteiger partial charge in [-0.25, -0.2) is 0 Å². The maximum atomic E-state index is 11.3. The van der Waals surface area contributed by atoms with Crippen molar-refractivity contribution in [3.8, 4) is 0 Å². The Hall–Kier alpha value is 1.08. The molecule has 1 N–H and O–H groups in total. The fourth-order valence-electron chi connectivity index (χ4n) is 0.0975. The van der Waals surface area contributed by atoms with Crippen LogP contribution in [0.4, 0.5) is 13.2 Å². The van der Waals surface area contributed by atoms with E-state index in [9.17, 15) is 21.6 Å². The molecule has 0 aliphatic rings. The van der Waals surface area contributed by atoms with Crippen molar-refractivity contribution in [1.29, 1.82) is 0 Å². The maximum absolute atomic E-state index is 11.3. The molecule has 0 aromatic carbocycles. The predicted octanol–water partition coefficient (Wildman–Crippen LogP) is 0.261. The molecule has 0 radical (unpaired) electrons. The molecule has 0 rings (SSSR count). The minimum atomic E-state index is -5.34. The molecule has 8 heteroatoms. The average Bonchev–Trinajstić information content (AvgIpc) is 1.62. The molecule has 0 aromatic heterocycles. The molecule has 0 aromatic rings. The normalized spacial score (nSPS) is 10.0. The summed E-state index contributed by atoms with van der Waals surface area (Å²) in [5, 5.41) is -2.80. The second-order valence-electron chi connectivity index (χ2n) is 1.01. The molecule has 0 aliphatic heterocycles. The molecule has 0 unspecified atom stereocenters.